The minimum atomic E-state index is 0.717. The summed E-state index contributed by atoms with van der Waals surface area (Å²) in [6.07, 6.45) is 9.73. The number of hydrogen-bond acceptors (Lipinski definition) is 5. The highest BCUT2D eigenvalue weighted by Crippen LogP contribution is 2.19. The number of anilines is 1. The van der Waals surface area contributed by atoms with Crippen molar-refractivity contribution in [3.63, 3.8) is 0 Å². The maximum atomic E-state index is 4.29. The third-order valence-electron chi connectivity index (χ3n) is 4.36. The van der Waals surface area contributed by atoms with E-state index < -0.39 is 0 Å². The summed E-state index contributed by atoms with van der Waals surface area (Å²) < 4.78 is 0. The first-order valence-electron chi connectivity index (χ1n) is 8.00. The molecule has 1 atom stereocenters. The van der Waals surface area contributed by atoms with Gasteiger partial charge in [0.25, 0.3) is 0 Å². The zero-order valence-corrected chi connectivity index (χ0v) is 12.7. The molecule has 1 aliphatic heterocycles. The summed E-state index contributed by atoms with van der Waals surface area (Å²) in [6, 6.07) is 0.789. The highest BCUT2D eigenvalue weighted by atomic mass is 15.2. The average molecular weight is 288 g/mol. The minimum absolute atomic E-state index is 0.717. The van der Waals surface area contributed by atoms with Crippen LogP contribution in [0.5, 0.6) is 0 Å². The number of piperidine rings is 1. The maximum Gasteiger partial charge on any atom is 0.182 e. The lowest BCUT2D eigenvalue weighted by Crippen LogP contribution is -2.40. The van der Waals surface area contributed by atoms with Crippen molar-refractivity contribution in [2.24, 2.45) is 0 Å². The van der Waals surface area contributed by atoms with Crippen LogP contribution < -0.4 is 5.32 Å². The van der Waals surface area contributed by atoms with E-state index in [9.17, 15) is 0 Å². The van der Waals surface area contributed by atoms with Gasteiger partial charge >= 0.3 is 0 Å². The molecule has 1 saturated heterocycles. The zero-order chi connectivity index (χ0) is 14.5. The van der Waals surface area contributed by atoms with Crippen LogP contribution in [0.25, 0.3) is 11.2 Å². The Bertz CT molecular complexity index is 566. The van der Waals surface area contributed by atoms with Crippen molar-refractivity contribution in [1.29, 1.82) is 0 Å². The van der Waals surface area contributed by atoms with E-state index in [2.05, 4.69) is 37.1 Å². The van der Waals surface area contributed by atoms with Crippen molar-refractivity contribution in [1.82, 2.24) is 24.8 Å². The Morgan fingerprint density at radius 2 is 2.29 bits per heavy atom. The molecule has 1 aliphatic rings. The normalized spacial score (nSPS) is 20.0. The fourth-order valence-electron chi connectivity index (χ4n) is 3.20. The molecular weight excluding hydrogens is 264 g/mol. The van der Waals surface area contributed by atoms with E-state index in [-0.39, 0.29) is 0 Å². The van der Waals surface area contributed by atoms with Gasteiger partial charge in [-0.3, -0.25) is 0 Å². The molecule has 0 unspecified atom stereocenters. The molecule has 0 saturated carbocycles. The quantitative estimate of drug-likeness (QED) is 0.799. The molecule has 0 aliphatic carbocycles. The number of H-pyrrole nitrogens is 1. The van der Waals surface area contributed by atoms with Crippen LogP contribution in [-0.4, -0.2) is 50.5 Å². The molecule has 0 amide bonds. The van der Waals surface area contributed by atoms with Gasteiger partial charge in [-0.25, -0.2) is 15.0 Å². The number of aromatic nitrogens is 4. The van der Waals surface area contributed by atoms with Crippen LogP contribution in [0.15, 0.2) is 12.7 Å². The van der Waals surface area contributed by atoms with Crippen LogP contribution in [0, 0.1) is 0 Å². The van der Waals surface area contributed by atoms with E-state index in [1.165, 1.54) is 38.8 Å². The molecule has 2 aromatic rings. The van der Waals surface area contributed by atoms with Crippen molar-refractivity contribution in [2.75, 3.05) is 25.0 Å². The Kier molecular flexibility index (Phi) is 4.65. The van der Waals surface area contributed by atoms with Gasteiger partial charge in [0, 0.05) is 19.1 Å². The lowest BCUT2D eigenvalue weighted by Gasteiger charge is -2.35. The molecule has 0 aromatic carbocycles. The van der Waals surface area contributed by atoms with Crippen LogP contribution >= 0.6 is 0 Å². The van der Waals surface area contributed by atoms with Crippen molar-refractivity contribution >= 4 is 17.0 Å². The van der Waals surface area contributed by atoms with E-state index in [0.29, 0.717) is 0 Å². The van der Waals surface area contributed by atoms with E-state index in [4.69, 9.17) is 0 Å². The van der Waals surface area contributed by atoms with E-state index in [1.54, 1.807) is 12.7 Å². The number of aromatic amines is 1. The molecule has 0 spiro atoms. The number of likely N-dealkylation sites (tertiary alicyclic amines) is 1. The van der Waals surface area contributed by atoms with Crippen LogP contribution in [0.2, 0.25) is 0 Å². The van der Waals surface area contributed by atoms with Gasteiger partial charge in [0.15, 0.2) is 11.5 Å². The molecule has 0 radical (unpaired) electrons. The van der Waals surface area contributed by atoms with Crippen molar-refractivity contribution in [3.05, 3.63) is 12.7 Å². The molecular formula is C15H24N6. The maximum absolute atomic E-state index is 4.29. The summed E-state index contributed by atoms with van der Waals surface area (Å²) in [7, 11) is 0. The van der Waals surface area contributed by atoms with E-state index in [1.807, 2.05) is 0 Å². The number of nitrogens with zero attached hydrogens (tertiary/aromatic N) is 4. The summed E-state index contributed by atoms with van der Waals surface area (Å²) in [6.45, 7) is 5.66. The third kappa shape index (κ3) is 3.32. The van der Waals surface area contributed by atoms with Crippen LogP contribution in [0.4, 0.5) is 5.82 Å². The second-order valence-electron chi connectivity index (χ2n) is 5.70. The van der Waals surface area contributed by atoms with E-state index in [0.717, 1.165) is 36.0 Å². The van der Waals surface area contributed by atoms with Crippen LogP contribution in [0.3, 0.4) is 0 Å². The molecule has 2 aromatic heterocycles. The highest BCUT2D eigenvalue weighted by Gasteiger charge is 2.19. The molecule has 1 fully saturated rings. The number of nitrogens with one attached hydrogen (secondary N) is 2. The van der Waals surface area contributed by atoms with Crippen molar-refractivity contribution in [3.8, 4) is 0 Å². The monoisotopic (exact) mass is 288 g/mol. The van der Waals surface area contributed by atoms with Crippen molar-refractivity contribution in [2.45, 2.75) is 45.1 Å². The van der Waals surface area contributed by atoms with Crippen LogP contribution in [0.1, 0.15) is 39.0 Å². The molecule has 2 N–H and O–H groups in total. The Hall–Kier alpha value is -1.69. The van der Waals surface area contributed by atoms with Gasteiger partial charge in [-0.1, -0.05) is 13.3 Å². The number of imidazole rings is 1. The molecule has 6 heteroatoms. The first kappa shape index (κ1) is 14.3. The summed E-state index contributed by atoms with van der Waals surface area (Å²) in [4.78, 5) is 18.3. The number of fused-ring (bicyclic) bond motifs is 1. The lowest BCUT2D eigenvalue weighted by atomic mass is 10.00. The highest BCUT2D eigenvalue weighted by molar-refractivity contribution is 5.81. The topological polar surface area (TPSA) is 69.7 Å². The standard InChI is InChI=1S/C15H24N6/c1-2-12-6-3-4-8-21(12)9-5-7-16-14-13-15(18-10-17-13)20-11-19-14/h10-12H,2-9H2,1H3,(H2,16,17,18,19,20)/t12-/m1/s1. The minimum Gasteiger partial charge on any atom is -0.368 e. The van der Waals surface area contributed by atoms with Crippen LogP contribution in [-0.2, 0) is 0 Å². The summed E-state index contributed by atoms with van der Waals surface area (Å²) >= 11 is 0. The van der Waals surface area contributed by atoms with Gasteiger partial charge in [-0.05, 0) is 32.2 Å². The largest absolute Gasteiger partial charge is 0.368 e. The molecule has 21 heavy (non-hydrogen) atoms. The van der Waals surface area contributed by atoms with Gasteiger partial charge in [-0.2, -0.15) is 0 Å². The summed E-state index contributed by atoms with van der Waals surface area (Å²) in [5.74, 6) is 0.850. The summed E-state index contributed by atoms with van der Waals surface area (Å²) in [5.41, 5.74) is 1.61. The first-order valence-corrected chi connectivity index (χ1v) is 8.00. The van der Waals surface area contributed by atoms with Gasteiger partial charge < -0.3 is 15.2 Å². The fraction of sp³-hybridized carbons (Fsp3) is 0.667. The molecule has 6 nitrogen and oxygen atoms in total. The van der Waals surface area contributed by atoms with Gasteiger partial charge in [0.05, 0.1) is 6.33 Å². The lowest BCUT2D eigenvalue weighted by molar-refractivity contribution is 0.144. The summed E-state index contributed by atoms with van der Waals surface area (Å²) in [5, 5.41) is 3.40. The predicted molar refractivity (Wildman–Crippen MR) is 84.3 cm³/mol. The fourth-order valence-corrected chi connectivity index (χ4v) is 3.20. The van der Waals surface area contributed by atoms with E-state index >= 15 is 0 Å². The first-order chi connectivity index (χ1) is 10.4. The molecule has 3 heterocycles. The Morgan fingerprint density at radius 3 is 3.19 bits per heavy atom. The third-order valence-corrected chi connectivity index (χ3v) is 4.36. The van der Waals surface area contributed by atoms with Gasteiger partial charge in [-0.15, -0.1) is 0 Å². The Morgan fingerprint density at radius 1 is 1.33 bits per heavy atom. The van der Waals surface area contributed by atoms with Gasteiger partial charge in [0.2, 0.25) is 0 Å². The molecule has 0 bridgehead atoms. The molecule has 3 rings (SSSR count). The Balaban J connectivity index is 1.49. The molecule has 114 valence electrons. The SMILES string of the molecule is CC[C@@H]1CCCCN1CCCNc1ncnc2nc[nH]c12. The smallest absolute Gasteiger partial charge is 0.182 e. The number of rotatable bonds is 6. The number of hydrogen-bond donors (Lipinski definition) is 2. The zero-order valence-electron chi connectivity index (χ0n) is 12.7. The van der Waals surface area contributed by atoms with Gasteiger partial charge in [0.1, 0.15) is 11.8 Å². The second kappa shape index (κ2) is 6.85. The Labute approximate surface area is 125 Å². The average Bonchev–Trinajstić information content (AvgIpc) is 3.01. The predicted octanol–water partition coefficient (Wildman–Crippen LogP) is 2.42. The second-order valence-corrected chi connectivity index (χ2v) is 5.70. The van der Waals surface area contributed by atoms with Crippen molar-refractivity contribution < 1.29 is 0 Å².